The smallest absolute Gasteiger partial charge is 0.418 e. The molecule has 0 spiro atoms. The molecule has 0 radical (unpaired) electrons. The van der Waals surface area contributed by atoms with E-state index >= 15 is 0 Å². The summed E-state index contributed by atoms with van der Waals surface area (Å²) in [6, 6.07) is 10.1. The average Bonchev–Trinajstić information content (AvgIpc) is 2.58. The van der Waals surface area contributed by atoms with Gasteiger partial charge in [0.25, 0.3) is 5.91 Å². The van der Waals surface area contributed by atoms with Gasteiger partial charge < -0.3 is 10.1 Å². The molecule has 2 aromatic rings. The maximum Gasteiger partial charge on any atom is 0.418 e. The number of anilines is 1. The van der Waals surface area contributed by atoms with Crippen LogP contribution in [0.25, 0.3) is 0 Å². The van der Waals surface area contributed by atoms with E-state index in [9.17, 15) is 26.4 Å². The van der Waals surface area contributed by atoms with Gasteiger partial charge in [0, 0.05) is 6.26 Å². The third kappa shape index (κ3) is 5.48. The Morgan fingerprint density at radius 3 is 2.11 bits per heavy atom. The number of carbonyl (C=O) groups is 1. The number of nitrogens with one attached hydrogen (secondary N) is 1. The molecule has 2 aromatic carbocycles. The van der Waals surface area contributed by atoms with E-state index in [4.69, 9.17) is 4.74 Å². The molecule has 28 heavy (non-hydrogen) atoms. The van der Waals surface area contributed by atoms with E-state index in [1.54, 1.807) is 13.8 Å². The zero-order valence-electron chi connectivity index (χ0n) is 15.4. The number of alkyl halides is 3. The lowest BCUT2D eigenvalue weighted by Gasteiger charge is -2.23. The van der Waals surface area contributed by atoms with Gasteiger partial charge in [0.15, 0.2) is 15.9 Å². The van der Waals surface area contributed by atoms with Crippen LogP contribution >= 0.6 is 0 Å². The fraction of sp³-hybridized carbons (Fsp3) is 0.316. The summed E-state index contributed by atoms with van der Waals surface area (Å²) in [5.41, 5.74) is -1.31. The van der Waals surface area contributed by atoms with E-state index in [0.29, 0.717) is 0 Å². The third-order valence-corrected chi connectivity index (χ3v) is 5.00. The Balaban J connectivity index is 2.22. The van der Waals surface area contributed by atoms with Gasteiger partial charge in [-0.2, -0.15) is 13.2 Å². The second-order valence-electron chi connectivity index (χ2n) is 6.56. The van der Waals surface area contributed by atoms with Gasteiger partial charge in [0.05, 0.1) is 16.1 Å². The molecule has 0 saturated carbocycles. The van der Waals surface area contributed by atoms with E-state index in [2.05, 4.69) is 5.32 Å². The highest BCUT2D eigenvalue weighted by molar-refractivity contribution is 7.90. The van der Waals surface area contributed by atoms with Crippen molar-refractivity contribution in [2.75, 3.05) is 11.6 Å². The molecular weight excluding hydrogens is 395 g/mol. The first-order valence-electron chi connectivity index (χ1n) is 8.33. The van der Waals surface area contributed by atoms with Gasteiger partial charge in [0.2, 0.25) is 0 Å². The summed E-state index contributed by atoms with van der Waals surface area (Å²) in [7, 11) is -3.38. The highest BCUT2D eigenvalue weighted by Crippen LogP contribution is 2.34. The maximum atomic E-state index is 13.1. The molecule has 1 atom stereocenters. The molecule has 0 heterocycles. The van der Waals surface area contributed by atoms with Gasteiger partial charge in [-0.15, -0.1) is 0 Å². The van der Waals surface area contributed by atoms with Crippen LogP contribution in [0.4, 0.5) is 18.9 Å². The molecule has 5 nitrogen and oxygen atoms in total. The van der Waals surface area contributed by atoms with Crippen molar-refractivity contribution < 1.29 is 31.1 Å². The lowest BCUT2D eigenvalue weighted by atomic mass is 10.1. The van der Waals surface area contributed by atoms with E-state index in [-0.39, 0.29) is 22.3 Å². The van der Waals surface area contributed by atoms with E-state index in [1.807, 2.05) is 0 Å². The largest absolute Gasteiger partial charge is 0.480 e. The van der Waals surface area contributed by atoms with Crippen LogP contribution in [0.5, 0.6) is 5.75 Å². The molecule has 0 aliphatic carbocycles. The number of sulfone groups is 1. The summed E-state index contributed by atoms with van der Waals surface area (Å²) < 4.78 is 67.9. The van der Waals surface area contributed by atoms with Gasteiger partial charge in [-0.25, -0.2) is 8.42 Å². The molecule has 0 aliphatic heterocycles. The number of rotatable bonds is 6. The predicted octanol–water partition coefficient (Wildman–Crippen LogP) is 4.15. The summed E-state index contributed by atoms with van der Waals surface area (Å²) >= 11 is 0. The van der Waals surface area contributed by atoms with Crippen molar-refractivity contribution in [3.63, 3.8) is 0 Å². The zero-order chi connectivity index (χ0) is 21.1. The molecule has 0 aliphatic rings. The van der Waals surface area contributed by atoms with Crippen LogP contribution in [0.2, 0.25) is 0 Å². The second-order valence-corrected chi connectivity index (χ2v) is 8.57. The van der Waals surface area contributed by atoms with Crippen molar-refractivity contribution in [1.82, 2.24) is 0 Å². The standard InChI is InChI=1S/C19H20F3NO4S/c1-12(2)17(27-13-8-10-14(11-9-13)28(3,25)26)18(24)23-16-7-5-4-6-15(16)19(20,21)22/h4-12,17H,1-3H3,(H,23,24). The summed E-state index contributed by atoms with van der Waals surface area (Å²) in [4.78, 5) is 12.7. The summed E-state index contributed by atoms with van der Waals surface area (Å²) in [6.07, 6.45) is -4.63. The lowest BCUT2D eigenvalue weighted by molar-refractivity contribution is -0.137. The van der Waals surface area contributed by atoms with Crippen molar-refractivity contribution in [1.29, 1.82) is 0 Å². The molecule has 1 N–H and O–H groups in total. The van der Waals surface area contributed by atoms with E-state index in [0.717, 1.165) is 12.3 Å². The van der Waals surface area contributed by atoms with Crippen molar-refractivity contribution in [3.8, 4) is 5.75 Å². The van der Waals surface area contributed by atoms with Crippen LogP contribution in [0.1, 0.15) is 19.4 Å². The van der Waals surface area contributed by atoms with Crippen LogP contribution in [-0.4, -0.2) is 26.7 Å². The number of para-hydroxylation sites is 1. The summed E-state index contributed by atoms with van der Waals surface area (Å²) in [6.45, 7) is 3.37. The fourth-order valence-corrected chi connectivity index (χ4v) is 3.08. The van der Waals surface area contributed by atoms with Gasteiger partial charge >= 0.3 is 6.18 Å². The highest BCUT2D eigenvalue weighted by atomic mass is 32.2. The van der Waals surface area contributed by atoms with Crippen LogP contribution in [0.3, 0.4) is 0 Å². The minimum absolute atomic E-state index is 0.0875. The molecule has 0 bridgehead atoms. The lowest BCUT2D eigenvalue weighted by Crippen LogP contribution is -2.37. The number of ether oxygens (including phenoxy) is 1. The van der Waals surface area contributed by atoms with E-state index < -0.39 is 33.6 Å². The first kappa shape index (κ1) is 21.7. The highest BCUT2D eigenvalue weighted by Gasteiger charge is 2.34. The second kappa shape index (κ2) is 8.22. The molecule has 0 fully saturated rings. The monoisotopic (exact) mass is 415 g/mol. The number of amides is 1. The van der Waals surface area contributed by atoms with Gasteiger partial charge in [-0.05, 0) is 42.3 Å². The molecule has 1 unspecified atom stereocenters. The van der Waals surface area contributed by atoms with Crippen molar-refractivity contribution in [3.05, 3.63) is 54.1 Å². The summed E-state index contributed by atoms with van der Waals surface area (Å²) in [5.74, 6) is -0.864. The Morgan fingerprint density at radius 1 is 1.04 bits per heavy atom. The number of hydrogen-bond acceptors (Lipinski definition) is 4. The Labute approximate surface area is 161 Å². The van der Waals surface area contributed by atoms with Crippen molar-refractivity contribution in [2.45, 2.75) is 31.0 Å². The van der Waals surface area contributed by atoms with Crippen LogP contribution in [0.15, 0.2) is 53.4 Å². The Bertz CT molecular complexity index is 938. The first-order chi connectivity index (χ1) is 12.9. The molecular formula is C19H20F3NO4S. The van der Waals surface area contributed by atoms with Crippen LogP contribution < -0.4 is 10.1 Å². The number of halogens is 3. The van der Waals surface area contributed by atoms with Crippen LogP contribution in [-0.2, 0) is 20.8 Å². The quantitative estimate of drug-likeness (QED) is 0.769. The molecule has 152 valence electrons. The SMILES string of the molecule is CC(C)C(Oc1ccc(S(C)(=O)=O)cc1)C(=O)Nc1ccccc1C(F)(F)F. The molecule has 0 saturated heterocycles. The molecule has 2 rings (SSSR count). The van der Waals surface area contributed by atoms with Gasteiger partial charge in [-0.3, -0.25) is 4.79 Å². The minimum atomic E-state index is -4.61. The van der Waals surface area contributed by atoms with Crippen molar-refractivity contribution >= 4 is 21.4 Å². The van der Waals surface area contributed by atoms with E-state index in [1.165, 1.54) is 42.5 Å². The zero-order valence-corrected chi connectivity index (χ0v) is 16.3. The predicted molar refractivity (Wildman–Crippen MR) is 98.9 cm³/mol. The Kier molecular flexibility index (Phi) is 6.38. The Hall–Kier alpha value is -2.55. The van der Waals surface area contributed by atoms with Crippen LogP contribution in [0, 0.1) is 5.92 Å². The third-order valence-electron chi connectivity index (χ3n) is 3.87. The topological polar surface area (TPSA) is 72.5 Å². The molecule has 0 aromatic heterocycles. The summed E-state index contributed by atoms with van der Waals surface area (Å²) in [5, 5.41) is 2.27. The number of benzene rings is 2. The first-order valence-corrected chi connectivity index (χ1v) is 10.2. The fourth-order valence-electron chi connectivity index (χ4n) is 2.45. The Morgan fingerprint density at radius 2 is 1.61 bits per heavy atom. The molecule has 9 heteroatoms. The molecule has 1 amide bonds. The van der Waals surface area contributed by atoms with Gasteiger partial charge in [-0.1, -0.05) is 26.0 Å². The number of carbonyl (C=O) groups excluding carboxylic acids is 1. The van der Waals surface area contributed by atoms with Crippen molar-refractivity contribution in [2.24, 2.45) is 5.92 Å². The normalized spacial score (nSPS) is 13.2. The average molecular weight is 415 g/mol. The maximum absolute atomic E-state index is 13.1. The minimum Gasteiger partial charge on any atom is -0.480 e. The van der Waals surface area contributed by atoms with Gasteiger partial charge in [0.1, 0.15) is 5.75 Å². The number of hydrogen-bond donors (Lipinski definition) is 1.